The van der Waals surface area contributed by atoms with E-state index in [1.54, 1.807) is 0 Å². The third-order valence-corrected chi connectivity index (χ3v) is 3.69. The number of aryl methyl sites for hydroxylation is 3. The van der Waals surface area contributed by atoms with E-state index in [1.807, 2.05) is 20.8 Å². The van der Waals surface area contributed by atoms with Crippen molar-refractivity contribution in [3.05, 3.63) is 34.4 Å². The molecule has 0 spiro atoms. The van der Waals surface area contributed by atoms with Gasteiger partial charge >= 0.3 is 11.4 Å². The summed E-state index contributed by atoms with van der Waals surface area (Å²) in [5.41, 5.74) is 4.66. The summed E-state index contributed by atoms with van der Waals surface area (Å²) >= 11 is -1.61. The van der Waals surface area contributed by atoms with Crippen LogP contribution in [0, 0.1) is 20.8 Å². The Morgan fingerprint density at radius 1 is 1.12 bits per heavy atom. The molecule has 2 unspecified atom stereocenters. The summed E-state index contributed by atoms with van der Waals surface area (Å²) in [6, 6.07) is 4.22. The average molecular weight is 240 g/mol. The molecule has 1 aliphatic rings. The van der Waals surface area contributed by atoms with E-state index >= 15 is 0 Å². The second kappa shape index (κ2) is 4.28. The summed E-state index contributed by atoms with van der Waals surface area (Å²) in [7, 11) is 0. The first kappa shape index (κ1) is 11.8. The lowest BCUT2D eigenvalue weighted by molar-refractivity contribution is 0.172. The maximum Gasteiger partial charge on any atom is 0.305 e. The number of rotatable bonds is 1. The van der Waals surface area contributed by atoms with Gasteiger partial charge in [-0.2, -0.15) is 4.21 Å². The van der Waals surface area contributed by atoms with E-state index < -0.39 is 11.4 Å². The van der Waals surface area contributed by atoms with Gasteiger partial charge in [-0.3, -0.25) is 8.37 Å². The second-order valence-corrected chi connectivity index (χ2v) is 5.13. The average Bonchev–Trinajstić information content (AvgIpc) is 2.43. The molecule has 0 amide bonds. The zero-order valence-corrected chi connectivity index (χ0v) is 10.8. The molecule has 0 aromatic heterocycles. The molecule has 1 aromatic rings. The van der Waals surface area contributed by atoms with Crippen LogP contribution in [0.4, 0.5) is 0 Å². The molecule has 0 saturated carbocycles. The standard InChI is InChI=1S/C12H16O3S/c1-7-5-8(2)11(9(3)6-7)12-10(4)14-16(13)15-12/h5-6,10,12H,1-4H3/t10-,12?,16?/m0/s1. The molecule has 1 aromatic carbocycles. The molecule has 0 N–H and O–H groups in total. The molecule has 3 atom stereocenters. The normalized spacial score (nSPS) is 29.6. The number of benzene rings is 1. The molecule has 1 saturated heterocycles. The van der Waals surface area contributed by atoms with Crippen molar-refractivity contribution in [2.45, 2.75) is 39.9 Å². The Balaban J connectivity index is 2.44. The van der Waals surface area contributed by atoms with E-state index in [9.17, 15) is 4.21 Å². The van der Waals surface area contributed by atoms with Crippen LogP contribution >= 0.6 is 0 Å². The molecule has 16 heavy (non-hydrogen) atoms. The molecule has 0 aliphatic carbocycles. The smallest absolute Gasteiger partial charge is 0.262 e. The second-order valence-electron chi connectivity index (χ2n) is 4.33. The molecule has 1 aliphatic heterocycles. The predicted molar refractivity (Wildman–Crippen MR) is 63.2 cm³/mol. The molecule has 4 heteroatoms. The van der Waals surface area contributed by atoms with Crippen LogP contribution in [0.15, 0.2) is 12.1 Å². The van der Waals surface area contributed by atoms with Gasteiger partial charge in [-0.1, -0.05) is 17.7 Å². The van der Waals surface area contributed by atoms with Crippen LogP contribution in [0.2, 0.25) is 0 Å². The summed E-state index contributed by atoms with van der Waals surface area (Å²) in [6.07, 6.45) is -0.387. The van der Waals surface area contributed by atoms with Crippen molar-refractivity contribution in [2.75, 3.05) is 0 Å². The van der Waals surface area contributed by atoms with Gasteiger partial charge in [0.15, 0.2) is 0 Å². The lowest BCUT2D eigenvalue weighted by Crippen LogP contribution is -2.13. The van der Waals surface area contributed by atoms with Crippen LogP contribution in [-0.2, 0) is 19.7 Å². The van der Waals surface area contributed by atoms with Crippen molar-refractivity contribution >= 4 is 11.4 Å². The zero-order chi connectivity index (χ0) is 11.9. The fraction of sp³-hybridized carbons (Fsp3) is 0.500. The van der Waals surface area contributed by atoms with Crippen molar-refractivity contribution in [1.29, 1.82) is 0 Å². The fourth-order valence-electron chi connectivity index (χ4n) is 2.28. The predicted octanol–water partition coefficient (Wildman–Crippen LogP) is 2.67. The highest BCUT2D eigenvalue weighted by atomic mass is 32.2. The first-order valence-corrected chi connectivity index (χ1v) is 6.33. The summed E-state index contributed by atoms with van der Waals surface area (Å²) in [4.78, 5) is 0. The van der Waals surface area contributed by atoms with Gasteiger partial charge in [0, 0.05) is 0 Å². The van der Waals surface area contributed by atoms with Crippen LogP contribution in [0.5, 0.6) is 0 Å². The van der Waals surface area contributed by atoms with Crippen molar-refractivity contribution < 1.29 is 12.6 Å². The molecule has 88 valence electrons. The van der Waals surface area contributed by atoms with Gasteiger partial charge in [0.05, 0.1) is 0 Å². The molecule has 1 fully saturated rings. The fourth-order valence-corrected chi connectivity index (χ4v) is 3.10. The topological polar surface area (TPSA) is 35.5 Å². The van der Waals surface area contributed by atoms with Crippen LogP contribution in [0.3, 0.4) is 0 Å². The van der Waals surface area contributed by atoms with Crippen LogP contribution in [-0.4, -0.2) is 10.3 Å². The first-order valence-electron chi connectivity index (χ1n) is 5.33. The molecular formula is C12H16O3S. The monoisotopic (exact) mass is 240 g/mol. The summed E-state index contributed by atoms with van der Waals surface area (Å²) in [5.74, 6) is 0. The van der Waals surface area contributed by atoms with Crippen LogP contribution in [0.25, 0.3) is 0 Å². The largest absolute Gasteiger partial charge is 0.305 e. The highest BCUT2D eigenvalue weighted by molar-refractivity contribution is 7.75. The van der Waals surface area contributed by atoms with E-state index in [0.29, 0.717) is 0 Å². The third kappa shape index (κ3) is 2.05. The molecule has 0 radical (unpaired) electrons. The molecular weight excluding hydrogens is 224 g/mol. The van der Waals surface area contributed by atoms with Gasteiger partial charge in [-0.15, -0.1) is 0 Å². The Morgan fingerprint density at radius 2 is 1.69 bits per heavy atom. The van der Waals surface area contributed by atoms with E-state index in [-0.39, 0.29) is 12.2 Å². The lowest BCUT2D eigenvalue weighted by atomic mass is 9.93. The van der Waals surface area contributed by atoms with Gasteiger partial charge in [0.1, 0.15) is 12.2 Å². The minimum absolute atomic E-state index is 0.166. The molecule has 0 bridgehead atoms. The van der Waals surface area contributed by atoms with Gasteiger partial charge in [-0.25, -0.2) is 0 Å². The highest BCUT2D eigenvalue weighted by Crippen LogP contribution is 2.35. The summed E-state index contributed by atoms with van der Waals surface area (Å²) in [5, 5.41) is 0. The summed E-state index contributed by atoms with van der Waals surface area (Å²) in [6.45, 7) is 8.05. The van der Waals surface area contributed by atoms with Crippen molar-refractivity contribution in [3.63, 3.8) is 0 Å². The van der Waals surface area contributed by atoms with Gasteiger partial charge in [0.2, 0.25) is 0 Å². The van der Waals surface area contributed by atoms with Gasteiger partial charge in [0.25, 0.3) is 0 Å². The van der Waals surface area contributed by atoms with E-state index in [0.717, 1.165) is 16.7 Å². The Labute approximate surface area is 98.6 Å². The maximum atomic E-state index is 11.2. The van der Waals surface area contributed by atoms with Crippen molar-refractivity contribution in [3.8, 4) is 0 Å². The molecule has 2 rings (SSSR count). The van der Waals surface area contributed by atoms with Gasteiger partial charge in [-0.05, 0) is 44.4 Å². The van der Waals surface area contributed by atoms with Crippen molar-refractivity contribution in [2.24, 2.45) is 0 Å². The van der Waals surface area contributed by atoms with E-state index in [4.69, 9.17) is 8.37 Å². The molecule has 3 nitrogen and oxygen atoms in total. The zero-order valence-electron chi connectivity index (χ0n) is 9.94. The Morgan fingerprint density at radius 3 is 2.12 bits per heavy atom. The highest BCUT2D eigenvalue weighted by Gasteiger charge is 2.34. The number of hydrogen-bond acceptors (Lipinski definition) is 3. The molecule has 1 heterocycles. The quantitative estimate of drug-likeness (QED) is 0.757. The van der Waals surface area contributed by atoms with Crippen LogP contribution < -0.4 is 0 Å². The van der Waals surface area contributed by atoms with Crippen LogP contribution in [0.1, 0.15) is 35.3 Å². The Hall–Kier alpha value is -0.710. The minimum atomic E-state index is -1.61. The van der Waals surface area contributed by atoms with Gasteiger partial charge < -0.3 is 0 Å². The number of hydrogen-bond donors (Lipinski definition) is 0. The lowest BCUT2D eigenvalue weighted by Gasteiger charge is -2.17. The van der Waals surface area contributed by atoms with E-state index in [1.165, 1.54) is 5.56 Å². The Kier molecular flexibility index (Phi) is 3.15. The first-order chi connectivity index (χ1) is 7.49. The minimum Gasteiger partial charge on any atom is -0.262 e. The SMILES string of the molecule is Cc1cc(C)c(C2OS(=O)O[C@H]2C)c(C)c1. The maximum absolute atomic E-state index is 11.2. The summed E-state index contributed by atoms with van der Waals surface area (Å²) < 4.78 is 21.6. The third-order valence-electron chi connectivity index (χ3n) is 2.86. The van der Waals surface area contributed by atoms with E-state index in [2.05, 4.69) is 19.1 Å². The Bertz CT molecular complexity index is 419. The van der Waals surface area contributed by atoms with Crippen molar-refractivity contribution in [1.82, 2.24) is 0 Å².